The molecule has 12 heteroatoms. The second-order valence-electron chi connectivity index (χ2n) is 8.04. The molecule has 0 aliphatic carbocycles. The Morgan fingerprint density at radius 3 is 2.30 bits per heavy atom. The predicted molar refractivity (Wildman–Crippen MR) is 117 cm³/mol. The zero-order valence-corrected chi connectivity index (χ0v) is 20.2. The van der Waals surface area contributed by atoms with Crippen LogP contribution < -0.4 is 4.74 Å². The lowest BCUT2D eigenvalue weighted by atomic mass is 9.62. The van der Waals surface area contributed by atoms with Crippen LogP contribution in [-0.4, -0.2) is 58.2 Å². The minimum Gasteiger partial charge on any atom is -0.481 e. The first-order chi connectivity index (χ1) is 15.3. The largest absolute Gasteiger partial charge is 0.481 e. The number of carboxylic acids is 3. The maximum atomic E-state index is 11.8. The van der Waals surface area contributed by atoms with Crippen molar-refractivity contribution < 1.29 is 48.7 Å². The van der Waals surface area contributed by atoms with Crippen molar-refractivity contribution in [3.63, 3.8) is 0 Å². The Labute approximate surface area is 202 Å². The summed E-state index contributed by atoms with van der Waals surface area (Å²) in [6.45, 7) is 2.27. The number of hydrogen-bond acceptors (Lipinski definition) is 7. The van der Waals surface area contributed by atoms with E-state index in [1.807, 2.05) is 0 Å². The highest BCUT2D eigenvalue weighted by Crippen LogP contribution is 2.51. The summed E-state index contributed by atoms with van der Waals surface area (Å²) in [6.07, 6.45) is -4.04. The van der Waals surface area contributed by atoms with Gasteiger partial charge in [0.15, 0.2) is 0 Å². The summed E-state index contributed by atoms with van der Waals surface area (Å²) < 4.78 is 17.6. The number of hydrogen-bond donors (Lipinski definition) is 3. The normalized spacial score (nSPS) is 26.9. The zero-order chi connectivity index (χ0) is 24.9. The fourth-order valence-electron chi connectivity index (χ4n) is 4.13. The van der Waals surface area contributed by atoms with Gasteiger partial charge >= 0.3 is 23.9 Å². The van der Waals surface area contributed by atoms with E-state index < -0.39 is 72.8 Å². The third-order valence-electron chi connectivity index (χ3n) is 5.59. The quantitative estimate of drug-likeness (QED) is 0.368. The van der Waals surface area contributed by atoms with Gasteiger partial charge in [-0.1, -0.05) is 34.5 Å². The lowest BCUT2D eigenvalue weighted by Crippen LogP contribution is -2.59. The summed E-state index contributed by atoms with van der Waals surface area (Å²) in [6, 6.07) is 4.73. The third kappa shape index (κ3) is 7.05. The number of esters is 1. The van der Waals surface area contributed by atoms with E-state index in [4.69, 9.17) is 25.8 Å². The SMILES string of the molecule is CC(=O)OC[C@@H]1O[C@H](Oc2cc(Br)ccc2Cl)[C@@](C)(CC(=O)O)[C@@H](CC(=O)O)[C@H]1CC(=O)O. The highest BCUT2D eigenvalue weighted by atomic mass is 79.9. The standard InChI is InChI=1S/C21H24BrClO10/c1-10(24)31-9-16-12(6-17(25)26)13(7-18(27)28)21(2,8-19(29)30)20(33-16)32-15-5-11(22)3-4-14(15)23/h3-5,12-13,16,20H,6-9H2,1-2H3,(H,25,26)(H,27,28)(H,29,30)/t12-,13+,16+,20+,21+/m1/s1. The summed E-state index contributed by atoms with van der Waals surface area (Å²) >= 11 is 9.50. The molecule has 0 spiro atoms. The lowest BCUT2D eigenvalue weighted by Gasteiger charge is -2.52. The van der Waals surface area contributed by atoms with E-state index in [2.05, 4.69) is 15.9 Å². The topological polar surface area (TPSA) is 157 Å². The van der Waals surface area contributed by atoms with Crippen molar-refractivity contribution in [3.05, 3.63) is 27.7 Å². The summed E-state index contributed by atoms with van der Waals surface area (Å²) in [5.74, 6) is -6.22. The average molecular weight is 552 g/mol. The molecule has 182 valence electrons. The maximum Gasteiger partial charge on any atom is 0.304 e. The number of benzene rings is 1. The second-order valence-corrected chi connectivity index (χ2v) is 9.37. The minimum atomic E-state index is -1.47. The molecule has 0 radical (unpaired) electrons. The van der Waals surface area contributed by atoms with E-state index in [0.29, 0.717) is 4.47 Å². The molecule has 2 rings (SSSR count). The molecule has 33 heavy (non-hydrogen) atoms. The second kappa shape index (κ2) is 11.2. The molecule has 0 aromatic heterocycles. The molecular weight excluding hydrogens is 528 g/mol. The van der Waals surface area contributed by atoms with Crippen molar-refractivity contribution in [1.82, 2.24) is 0 Å². The molecule has 10 nitrogen and oxygen atoms in total. The first-order valence-electron chi connectivity index (χ1n) is 9.89. The van der Waals surface area contributed by atoms with Crippen molar-refractivity contribution in [3.8, 4) is 5.75 Å². The third-order valence-corrected chi connectivity index (χ3v) is 6.40. The Hall–Kier alpha value is -2.37. The van der Waals surface area contributed by atoms with Gasteiger partial charge in [0.05, 0.1) is 24.0 Å². The predicted octanol–water partition coefficient (Wildman–Crippen LogP) is 3.43. The van der Waals surface area contributed by atoms with Crippen LogP contribution in [0.4, 0.5) is 0 Å². The van der Waals surface area contributed by atoms with Crippen LogP contribution in [0.2, 0.25) is 5.02 Å². The number of carboxylic acid groups (broad SMARTS) is 3. The molecule has 3 N–H and O–H groups in total. The van der Waals surface area contributed by atoms with Crippen LogP contribution >= 0.6 is 27.5 Å². The molecule has 0 saturated carbocycles. The minimum absolute atomic E-state index is 0.143. The summed E-state index contributed by atoms with van der Waals surface area (Å²) in [5.41, 5.74) is -1.47. The molecule has 1 aliphatic rings. The van der Waals surface area contributed by atoms with Gasteiger partial charge in [-0.05, 0) is 24.1 Å². The zero-order valence-electron chi connectivity index (χ0n) is 17.8. The molecule has 0 amide bonds. The number of halogens is 2. The average Bonchev–Trinajstić information content (AvgIpc) is 2.67. The first kappa shape index (κ1) is 26.9. The molecule has 1 aliphatic heterocycles. The first-order valence-corrected chi connectivity index (χ1v) is 11.1. The van der Waals surface area contributed by atoms with E-state index in [9.17, 15) is 34.5 Å². The van der Waals surface area contributed by atoms with Crippen LogP contribution in [0.5, 0.6) is 5.75 Å². The maximum absolute atomic E-state index is 11.8. The fourth-order valence-corrected chi connectivity index (χ4v) is 4.64. The van der Waals surface area contributed by atoms with Gasteiger partial charge in [0.2, 0.25) is 6.29 Å². The Bertz CT molecular complexity index is 922. The summed E-state index contributed by atoms with van der Waals surface area (Å²) in [4.78, 5) is 46.5. The van der Waals surface area contributed by atoms with Gasteiger partial charge < -0.3 is 29.5 Å². The van der Waals surface area contributed by atoms with Crippen molar-refractivity contribution >= 4 is 51.4 Å². The number of aliphatic carboxylic acids is 3. The van der Waals surface area contributed by atoms with E-state index in [-0.39, 0.29) is 17.4 Å². The van der Waals surface area contributed by atoms with E-state index in [1.165, 1.54) is 19.1 Å². The molecule has 5 atom stereocenters. The smallest absolute Gasteiger partial charge is 0.304 e. The van der Waals surface area contributed by atoms with Gasteiger partial charge in [0.25, 0.3) is 0 Å². The molecular formula is C21H24BrClO10. The van der Waals surface area contributed by atoms with Gasteiger partial charge in [-0.2, -0.15) is 0 Å². The van der Waals surface area contributed by atoms with E-state index in [0.717, 1.165) is 6.92 Å². The van der Waals surface area contributed by atoms with E-state index in [1.54, 1.807) is 6.07 Å². The molecule has 1 fully saturated rings. The number of carbonyl (C=O) groups excluding carboxylic acids is 1. The Kier molecular flexibility index (Phi) is 9.10. The van der Waals surface area contributed by atoms with Crippen LogP contribution in [0, 0.1) is 17.3 Å². The van der Waals surface area contributed by atoms with Crippen LogP contribution in [-0.2, 0) is 28.7 Å². The monoisotopic (exact) mass is 550 g/mol. The van der Waals surface area contributed by atoms with Crippen molar-refractivity contribution in [2.24, 2.45) is 17.3 Å². The molecule has 0 bridgehead atoms. The Morgan fingerprint density at radius 1 is 1.12 bits per heavy atom. The number of ether oxygens (including phenoxy) is 3. The van der Waals surface area contributed by atoms with Gasteiger partial charge in [0.1, 0.15) is 12.4 Å². The van der Waals surface area contributed by atoms with Crippen molar-refractivity contribution in [2.75, 3.05) is 6.61 Å². The molecule has 1 aromatic rings. The van der Waals surface area contributed by atoms with Gasteiger partial charge in [0, 0.05) is 29.2 Å². The number of rotatable bonds is 10. The fraction of sp³-hybridized carbons (Fsp3) is 0.524. The lowest BCUT2D eigenvalue weighted by molar-refractivity contribution is -0.269. The molecule has 1 saturated heterocycles. The van der Waals surface area contributed by atoms with Crippen LogP contribution in [0.3, 0.4) is 0 Å². The van der Waals surface area contributed by atoms with Crippen molar-refractivity contribution in [2.45, 2.75) is 45.5 Å². The molecule has 1 aromatic carbocycles. The Morgan fingerprint density at radius 2 is 1.76 bits per heavy atom. The molecule has 1 heterocycles. The van der Waals surface area contributed by atoms with Crippen LogP contribution in [0.1, 0.15) is 33.1 Å². The van der Waals surface area contributed by atoms with Gasteiger partial charge in [-0.3, -0.25) is 19.2 Å². The highest BCUT2D eigenvalue weighted by molar-refractivity contribution is 9.10. The van der Waals surface area contributed by atoms with E-state index >= 15 is 0 Å². The summed E-state index contributed by atoms with van der Waals surface area (Å²) in [7, 11) is 0. The Balaban J connectivity index is 2.59. The van der Waals surface area contributed by atoms with Crippen LogP contribution in [0.25, 0.3) is 0 Å². The van der Waals surface area contributed by atoms with Crippen LogP contribution in [0.15, 0.2) is 22.7 Å². The summed E-state index contributed by atoms with van der Waals surface area (Å²) in [5, 5.41) is 28.8. The molecule has 0 unspecified atom stereocenters. The van der Waals surface area contributed by atoms with Crippen molar-refractivity contribution in [1.29, 1.82) is 0 Å². The number of carbonyl (C=O) groups is 4. The van der Waals surface area contributed by atoms with Gasteiger partial charge in [-0.25, -0.2) is 0 Å². The highest BCUT2D eigenvalue weighted by Gasteiger charge is 2.56. The van der Waals surface area contributed by atoms with Gasteiger partial charge in [-0.15, -0.1) is 0 Å².